The normalized spacial score (nSPS) is 15.9. The second kappa shape index (κ2) is 8.42. The van der Waals surface area contributed by atoms with E-state index in [9.17, 15) is 9.59 Å². The first-order chi connectivity index (χ1) is 16.3. The van der Waals surface area contributed by atoms with E-state index in [1.807, 2.05) is 69.6 Å². The van der Waals surface area contributed by atoms with E-state index in [4.69, 9.17) is 4.42 Å². The number of hydrogen-bond acceptors (Lipinski definition) is 6. The lowest BCUT2D eigenvalue weighted by Gasteiger charge is -2.23. The van der Waals surface area contributed by atoms with Crippen LogP contribution < -0.4 is 20.2 Å². The zero-order chi connectivity index (χ0) is 24.0. The summed E-state index contributed by atoms with van der Waals surface area (Å²) in [6, 6.07) is 12.1. The summed E-state index contributed by atoms with van der Waals surface area (Å²) in [6.07, 6.45) is 3.69. The molecule has 1 amide bonds. The monoisotopic (exact) mass is 473 g/mol. The molecule has 9 heteroatoms. The minimum absolute atomic E-state index is 0.233. The van der Waals surface area contributed by atoms with E-state index in [1.165, 1.54) is 11.3 Å². The van der Waals surface area contributed by atoms with Gasteiger partial charge in [-0.2, -0.15) is 5.10 Å². The van der Waals surface area contributed by atoms with Crippen molar-refractivity contribution in [1.82, 2.24) is 14.3 Å². The Morgan fingerprint density at radius 2 is 1.91 bits per heavy atom. The molecule has 172 valence electrons. The van der Waals surface area contributed by atoms with Crippen LogP contribution in [0.15, 0.2) is 74.1 Å². The maximum absolute atomic E-state index is 13.6. The van der Waals surface area contributed by atoms with Gasteiger partial charge in [0.1, 0.15) is 17.6 Å². The number of aromatic nitrogens is 3. The minimum atomic E-state index is -0.731. The number of fused-ring (bicyclic) bond motifs is 1. The van der Waals surface area contributed by atoms with Crippen molar-refractivity contribution >= 4 is 29.0 Å². The molecular weight excluding hydrogens is 450 g/mol. The van der Waals surface area contributed by atoms with Gasteiger partial charge in [-0.3, -0.25) is 18.8 Å². The van der Waals surface area contributed by atoms with Crippen LogP contribution in [-0.2, 0) is 11.8 Å². The first-order valence-electron chi connectivity index (χ1n) is 10.8. The third-order valence-corrected chi connectivity index (χ3v) is 6.65. The van der Waals surface area contributed by atoms with Crippen LogP contribution >= 0.6 is 11.3 Å². The van der Waals surface area contributed by atoms with Crippen LogP contribution in [0.2, 0.25) is 0 Å². The number of hydrogen-bond donors (Lipinski definition) is 1. The Kier molecular flexibility index (Phi) is 5.41. The molecule has 1 aliphatic heterocycles. The summed E-state index contributed by atoms with van der Waals surface area (Å²) < 4.78 is 9.70. The number of carbonyl (C=O) groups excluding carboxylic acids is 1. The first-order valence-corrected chi connectivity index (χ1v) is 11.6. The molecule has 0 saturated heterocycles. The number of para-hydroxylation sites is 1. The Morgan fingerprint density at radius 3 is 2.56 bits per heavy atom. The number of carbonyl (C=O) groups is 1. The van der Waals surface area contributed by atoms with Gasteiger partial charge in [-0.05, 0) is 51.1 Å². The lowest BCUT2D eigenvalue weighted by atomic mass is 10.00. The summed E-state index contributed by atoms with van der Waals surface area (Å²) >= 11 is 1.29. The smallest absolute Gasteiger partial charge is 0.271 e. The van der Waals surface area contributed by atoms with Gasteiger partial charge in [-0.15, -0.1) is 0 Å². The Hall–Kier alpha value is -3.98. The summed E-state index contributed by atoms with van der Waals surface area (Å²) in [5.41, 5.74) is 3.02. The Morgan fingerprint density at radius 1 is 1.15 bits per heavy atom. The molecule has 0 bridgehead atoms. The van der Waals surface area contributed by atoms with Gasteiger partial charge in [0.15, 0.2) is 4.80 Å². The van der Waals surface area contributed by atoms with Gasteiger partial charge < -0.3 is 9.73 Å². The zero-order valence-electron chi connectivity index (χ0n) is 19.2. The minimum Gasteiger partial charge on any atom is -0.464 e. The molecule has 1 N–H and O–H groups in total. The van der Waals surface area contributed by atoms with Crippen LogP contribution in [0.3, 0.4) is 0 Å². The molecule has 4 heterocycles. The predicted octanol–water partition coefficient (Wildman–Crippen LogP) is 2.82. The fraction of sp³-hybridized carbons (Fsp3) is 0.200. The third kappa shape index (κ3) is 3.84. The predicted molar refractivity (Wildman–Crippen MR) is 130 cm³/mol. The van der Waals surface area contributed by atoms with Crippen LogP contribution in [0.4, 0.5) is 5.69 Å². The summed E-state index contributed by atoms with van der Waals surface area (Å²) in [5, 5.41) is 7.28. The molecule has 0 unspecified atom stereocenters. The van der Waals surface area contributed by atoms with E-state index in [2.05, 4.69) is 15.4 Å². The van der Waals surface area contributed by atoms with Gasteiger partial charge in [0.25, 0.3) is 11.5 Å². The van der Waals surface area contributed by atoms with Crippen molar-refractivity contribution in [2.24, 2.45) is 12.0 Å². The topological polar surface area (TPSA) is 94.4 Å². The lowest BCUT2D eigenvalue weighted by molar-refractivity contribution is -0.113. The number of anilines is 1. The van der Waals surface area contributed by atoms with Crippen molar-refractivity contribution in [2.75, 3.05) is 5.32 Å². The molecule has 4 aromatic rings. The molecular formula is C25H23N5O3S. The fourth-order valence-electron chi connectivity index (χ4n) is 4.10. The molecule has 0 aliphatic carbocycles. The van der Waals surface area contributed by atoms with Crippen LogP contribution in [0, 0.1) is 13.8 Å². The van der Waals surface area contributed by atoms with Crippen LogP contribution in [0.1, 0.15) is 35.7 Å². The van der Waals surface area contributed by atoms with Crippen LogP contribution in [-0.4, -0.2) is 20.3 Å². The standard InChI is InChI=1S/C25H23N5O3S/c1-14-10-11-19(33-14)22-21(23(31)27-18-8-6-5-7-9-18)16(3)26-25-30(22)24(32)20(34-25)12-17-13-29(4)28-15(17)2/h5-13,22H,1-4H3,(H,27,31)/t22-/m1/s1. The van der Waals surface area contributed by atoms with Crippen molar-refractivity contribution in [3.63, 3.8) is 0 Å². The highest BCUT2D eigenvalue weighted by Gasteiger charge is 2.34. The summed E-state index contributed by atoms with van der Waals surface area (Å²) in [5.74, 6) is 0.875. The Bertz CT molecular complexity index is 1620. The van der Waals surface area contributed by atoms with Gasteiger partial charge in [-0.25, -0.2) is 4.99 Å². The average molecular weight is 474 g/mol. The number of nitrogens with one attached hydrogen (secondary N) is 1. The molecule has 1 aromatic carbocycles. The molecule has 3 aromatic heterocycles. The number of benzene rings is 1. The molecule has 0 fully saturated rings. The number of furan rings is 1. The van der Waals surface area contributed by atoms with E-state index in [0.717, 1.165) is 11.3 Å². The molecule has 1 atom stereocenters. The fourth-order valence-corrected chi connectivity index (χ4v) is 5.14. The lowest BCUT2D eigenvalue weighted by Crippen LogP contribution is -2.40. The summed E-state index contributed by atoms with van der Waals surface area (Å²) in [6.45, 7) is 5.51. The van der Waals surface area contributed by atoms with E-state index >= 15 is 0 Å². The Balaban J connectivity index is 1.68. The van der Waals surface area contributed by atoms with Gasteiger partial charge in [0.05, 0.1) is 21.5 Å². The molecule has 8 nitrogen and oxygen atoms in total. The summed E-state index contributed by atoms with van der Waals surface area (Å²) in [4.78, 5) is 32.2. The van der Waals surface area contributed by atoms with E-state index in [0.29, 0.717) is 37.8 Å². The SMILES string of the molecule is CC1=C(C(=O)Nc2ccccc2)[C@@H](c2ccc(C)o2)n2c(sc(=Cc3cn(C)nc3C)c2=O)=N1. The Labute approximate surface area is 199 Å². The summed E-state index contributed by atoms with van der Waals surface area (Å²) in [7, 11) is 1.84. The first kappa shape index (κ1) is 21.8. The maximum atomic E-state index is 13.6. The van der Waals surface area contributed by atoms with Gasteiger partial charge in [0.2, 0.25) is 0 Å². The van der Waals surface area contributed by atoms with Crippen molar-refractivity contribution in [2.45, 2.75) is 26.8 Å². The van der Waals surface area contributed by atoms with Gasteiger partial charge >= 0.3 is 0 Å². The van der Waals surface area contributed by atoms with Crippen molar-refractivity contribution in [3.8, 4) is 0 Å². The highest BCUT2D eigenvalue weighted by Crippen LogP contribution is 2.31. The van der Waals surface area contributed by atoms with E-state index in [1.54, 1.807) is 22.2 Å². The highest BCUT2D eigenvalue weighted by molar-refractivity contribution is 7.07. The molecule has 34 heavy (non-hydrogen) atoms. The molecule has 0 saturated carbocycles. The number of nitrogens with zero attached hydrogens (tertiary/aromatic N) is 4. The van der Waals surface area contributed by atoms with Gasteiger partial charge in [-0.1, -0.05) is 29.5 Å². The molecule has 1 aliphatic rings. The number of amides is 1. The zero-order valence-corrected chi connectivity index (χ0v) is 20.0. The number of aryl methyl sites for hydroxylation is 3. The van der Waals surface area contributed by atoms with Gasteiger partial charge in [0, 0.05) is 24.5 Å². The number of allylic oxidation sites excluding steroid dienone is 1. The maximum Gasteiger partial charge on any atom is 0.271 e. The van der Waals surface area contributed by atoms with E-state index < -0.39 is 6.04 Å². The molecule has 5 rings (SSSR count). The van der Waals surface area contributed by atoms with Crippen molar-refractivity contribution in [1.29, 1.82) is 0 Å². The largest absolute Gasteiger partial charge is 0.464 e. The molecule has 0 radical (unpaired) electrons. The molecule has 0 spiro atoms. The van der Waals surface area contributed by atoms with Crippen molar-refractivity contribution < 1.29 is 9.21 Å². The van der Waals surface area contributed by atoms with E-state index in [-0.39, 0.29) is 11.5 Å². The number of thiazole rings is 1. The average Bonchev–Trinajstić information content (AvgIpc) is 3.45. The number of rotatable bonds is 4. The van der Waals surface area contributed by atoms with Crippen molar-refractivity contribution in [3.05, 3.63) is 102 Å². The third-order valence-electron chi connectivity index (χ3n) is 5.67. The van der Waals surface area contributed by atoms with Crippen LogP contribution in [0.5, 0.6) is 0 Å². The highest BCUT2D eigenvalue weighted by atomic mass is 32.1. The van der Waals surface area contributed by atoms with Crippen LogP contribution in [0.25, 0.3) is 6.08 Å². The second-order valence-corrected chi connectivity index (χ2v) is 9.20. The quantitative estimate of drug-likeness (QED) is 0.493. The second-order valence-electron chi connectivity index (χ2n) is 8.19.